The number of hydrogen-bond acceptors (Lipinski definition) is 6. The van der Waals surface area contributed by atoms with E-state index in [1.54, 1.807) is 11.4 Å². The number of anilines is 1. The Kier molecular flexibility index (Phi) is 7.21. The van der Waals surface area contributed by atoms with Crippen molar-refractivity contribution in [2.75, 3.05) is 57.7 Å². The van der Waals surface area contributed by atoms with Crippen LogP contribution in [0.15, 0.2) is 11.4 Å². The van der Waals surface area contributed by atoms with Crippen LogP contribution in [-0.2, 0) is 9.59 Å². The first-order valence-corrected chi connectivity index (χ1v) is 10.5. The fraction of sp³-hybridized carbons (Fsp3) is 0.632. The summed E-state index contributed by atoms with van der Waals surface area (Å²) < 4.78 is 0. The highest BCUT2D eigenvalue weighted by atomic mass is 32.1. The zero-order valence-corrected chi connectivity index (χ0v) is 16.5. The molecule has 0 radical (unpaired) electrons. The van der Waals surface area contributed by atoms with E-state index in [0.717, 1.165) is 52.1 Å². The Morgan fingerprint density at radius 2 is 1.63 bits per heavy atom. The lowest BCUT2D eigenvalue weighted by Crippen LogP contribution is -2.51. The molecule has 0 aliphatic carbocycles. The van der Waals surface area contributed by atoms with E-state index >= 15 is 0 Å². The van der Waals surface area contributed by atoms with Crippen LogP contribution in [0.5, 0.6) is 0 Å². The smallest absolute Gasteiger partial charge is 0.239 e. The van der Waals surface area contributed by atoms with E-state index in [1.807, 2.05) is 4.90 Å². The van der Waals surface area contributed by atoms with Crippen molar-refractivity contribution in [2.45, 2.75) is 25.7 Å². The molecule has 1 aromatic heterocycles. The average molecular weight is 390 g/mol. The molecule has 1 N–H and O–H groups in total. The van der Waals surface area contributed by atoms with Crippen LogP contribution in [0.4, 0.5) is 5.00 Å². The minimum absolute atomic E-state index is 0.0944. The van der Waals surface area contributed by atoms with Crippen molar-refractivity contribution >= 4 is 28.2 Å². The highest BCUT2D eigenvalue weighted by Gasteiger charge is 2.23. The molecule has 2 aliphatic rings. The minimum atomic E-state index is -0.0944. The largest absolute Gasteiger partial charge is 0.342 e. The summed E-state index contributed by atoms with van der Waals surface area (Å²) in [6.45, 7) is 5.74. The van der Waals surface area contributed by atoms with Crippen molar-refractivity contribution < 1.29 is 9.59 Å². The molecule has 2 saturated heterocycles. The molecule has 27 heavy (non-hydrogen) atoms. The Bertz CT molecular complexity index is 683. The van der Waals surface area contributed by atoms with E-state index in [4.69, 9.17) is 5.26 Å². The molecule has 0 aromatic carbocycles. The van der Waals surface area contributed by atoms with Gasteiger partial charge >= 0.3 is 0 Å². The first-order chi connectivity index (χ1) is 13.2. The van der Waals surface area contributed by atoms with Gasteiger partial charge in [-0.25, -0.2) is 0 Å². The van der Waals surface area contributed by atoms with Gasteiger partial charge in [-0.1, -0.05) is 12.8 Å². The number of thiophene rings is 1. The Morgan fingerprint density at radius 3 is 2.26 bits per heavy atom. The van der Waals surface area contributed by atoms with E-state index in [0.29, 0.717) is 23.7 Å². The highest BCUT2D eigenvalue weighted by molar-refractivity contribution is 7.14. The van der Waals surface area contributed by atoms with Crippen molar-refractivity contribution in [3.8, 4) is 6.07 Å². The summed E-state index contributed by atoms with van der Waals surface area (Å²) in [6, 6.07) is 3.79. The van der Waals surface area contributed by atoms with Gasteiger partial charge in [0, 0.05) is 39.3 Å². The van der Waals surface area contributed by atoms with Gasteiger partial charge in [-0.3, -0.25) is 19.4 Å². The number of likely N-dealkylation sites (tertiary alicyclic amines) is 1. The lowest BCUT2D eigenvalue weighted by molar-refractivity contribution is -0.133. The van der Waals surface area contributed by atoms with E-state index < -0.39 is 0 Å². The molecular formula is C19H27N5O2S. The van der Waals surface area contributed by atoms with Crippen LogP contribution in [0.3, 0.4) is 0 Å². The van der Waals surface area contributed by atoms with Gasteiger partial charge in [0.15, 0.2) is 0 Å². The molecule has 3 heterocycles. The molecule has 0 saturated carbocycles. The number of amides is 2. The van der Waals surface area contributed by atoms with Crippen molar-refractivity contribution in [3.05, 3.63) is 17.0 Å². The minimum Gasteiger partial charge on any atom is -0.342 e. The lowest BCUT2D eigenvalue weighted by Gasteiger charge is -2.34. The fourth-order valence-corrected chi connectivity index (χ4v) is 4.33. The number of hydrogen-bond donors (Lipinski definition) is 1. The van der Waals surface area contributed by atoms with Crippen molar-refractivity contribution in [2.24, 2.45) is 0 Å². The summed E-state index contributed by atoms with van der Waals surface area (Å²) in [6.07, 6.45) is 4.69. The zero-order chi connectivity index (χ0) is 19.1. The quantitative estimate of drug-likeness (QED) is 0.827. The third kappa shape index (κ3) is 5.76. The number of carbonyl (C=O) groups is 2. The standard InChI is InChI=1S/C19H27N5O2S/c20-13-16-5-12-27-19(16)21-17(25)14-22-8-10-23(11-9-22)15-18(26)24-6-3-1-2-4-7-24/h5,12H,1-4,6-11,14-15H2,(H,21,25). The van der Waals surface area contributed by atoms with Crippen LogP contribution in [0.2, 0.25) is 0 Å². The molecule has 0 atom stereocenters. The predicted molar refractivity (Wildman–Crippen MR) is 106 cm³/mol. The van der Waals surface area contributed by atoms with Crippen LogP contribution in [0.25, 0.3) is 0 Å². The van der Waals surface area contributed by atoms with Gasteiger partial charge in [0.2, 0.25) is 11.8 Å². The fourth-order valence-electron chi connectivity index (χ4n) is 3.58. The van der Waals surface area contributed by atoms with E-state index in [-0.39, 0.29) is 11.8 Å². The third-order valence-corrected chi connectivity index (χ3v) is 6.02. The maximum atomic E-state index is 12.5. The molecule has 2 aliphatic heterocycles. The molecular weight excluding hydrogens is 362 g/mol. The zero-order valence-electron chi connectivity index (χ0n) is 15.7. The maximum Gasteiger partial charge on any atom is 0.239 e. The molecule has 0 bridgehead atoms. The second kappa shape index (κ2) is 9.83. The van der Waals surface area contributed by atoms with Crippen LogP contribution in [0, 0.1) is 11.3 Å². The van der Waals surface area contributed by atoms with E-state index in [2.05, 4.69) is 21.2 Å². The van der Waals surface area contributed by atoms with Gasteiger partial charge in [0.1, 0.15) is 11.1 Å². The van der Waals surface area contributed by atoms with Gasteiger partial charge in [-0.2, -0.15) is 5.26 Å². The number of nitrogens with one attached hydrogen (secondary N) is 1. The van der Waals surface area contributed by atoms with Crippen LogP contribution in [-0.4, -0.2) is 78.9 Å². The van der Waals surface area contributed by atoms with Crippen molar-refractivity contribution in [1.82, 2.24) is 14.7 Å². The van der Waals surface area contributed by atoms with Crippen LogP contribution >= 0.6 is 11.3 Å². The third-order valence-electron chi connectivity index (χ3n) is 5.19. The van der Waals surface area contributed by atoms with Crippen molar-refractivity contribution in [1.29, 1.82) is 5.26 Å². The molecule has 7 nitrogen and oxygen atoms in total. The van der Waals surface area contributed by atoms with E-state index in [9.17, 15) is 9.59 Å². The second-order valence-corrected chi connectivity index (χ2v) is 8.09. The summed E-state index contributed by atoms with van der Waals surface area (Å²) >= 11 is 1.36. The summed E-state index contributed by atoms with van der Waals surface area (Å²) in [5.41, 5.74) is 0.505. The lowest BCUT2D eigenvalue weighted by atomic mass is 10.2. The summed E-state index contributed by atoms with van der Waals surface area (Å²) in [7, 11) is 0. The molecule has 3 rings (SSSR count). The first kappa shape index (κ1) is 19.8. The number of nitrogens with zero attached hydrogens (tertiary/aromatic N) is 4. The van der Waals surface area contributed by atoms with Crippen LogP contribution < -0.4 is 5.32 Å². The molecule has 0 spiro atoms. The number of carbonyl (C=O) groups excluding carboxylic acids is 2. The SMILES string of the molecule is N#Cc1ccsc1NC(=O)CN1CCN(CC(=O)N2CCCCCC2)CC1. The highest BCUT2D eigenvalue weighted by Crippen LogP contribution is 2.22. The van der Waals surface area contributed by atoms with Gasteiger partial charge in [0.05, 0.1) is 18.7 Å². The molecule has 1 aromatic rings. The Morgan fingerprint density at radius 1 is 1.00 bits per heavy atom. The van der Waals surface area contributed by atoms with E-state index in [1.165, 1.54) is 24.2 Å². The second-order valence-electron chi connectivity index (χ2n) is 7.17. The van der Waals surface area contributed by atoms with Gasteiger partial charge in [-0.15, -0.1) is 11.3 Å². The van der Waals surface area contributed by atoms with Gasteiger partial charge < -0.3 is 10.2 Å². The van der Waals surface area contributed by atoms with Gasteiger partial charge in [-0.05, 0) is 24.3 Å². The molecule has 8 heteroatoms. The Labute approximate surface area is 164 Å². The number of nitriles is 1. The predicted octanol–water partition coefficient (Wildman–Crippen LogP) is 1.58. The summed E-state index contributed by atoms with van der Waals surface area (Å²) in [5.74, 6) is 0.146. The monoisotopic (exact) mass is 389 g/mol. The molecule has 0 unspecified atom stereocenters. The summed E-state index contributed by atoms with van der Waals surface area (Å²) in [5, 5.41) is 14.2. The maximum absolute atomic E-state index is 12.5. The molecule has 2 fully saturated rings. The average Bonchev–Trinajstić information content (AvgIpc) is 2.93. The van der Waals surface area contributed by atoms with Gasteiger partial charge in [0.25, 0.3) is 0 Å². The summed E-state index contributed by atoms with van der Waals surface area (Å²) in [4.78, 5) is 31.0. The van der Waals surface area contributed by atoms with Crippen molar-refractivity contribution in [3.63, 3.8) is 0 Å². The Hall–Kier alpha value is -1.95. The molecule has 2 amide bonds. The first-order valence-electron chi connectivity index (χ1n) is 9.65. The number of piperazine rings is 1. The normalized spacial score (nSPS) is 19.3. The topological polar surface area (TPSA) is 79.7 Å². The Balaban J connectivity index is 1.39. The molecule has 146 valence electrons. The van der Waals surface area contributed by atoms with Crippen LogP contribution in [0.1, 0.15) is 31.2 Å². The number of rotatable bonds is 5.